The summed E-state index contributed by atoms with van der Waals surface area (Å²) in [6.07, 6.45) is 3.99. The fraction of sp³-hybridized carbons (Fsp3) is 0.333. The zero-order chi connectivity index (χ0) is 18.6. The summed E-state index contributed by atoms with van der Waals surface area (Å²) in [6, 6.07) is 14.9. The second-order valence-corrected chi connectivity index (χ2v) is 6.78. The Hall–Kier alpha value is -2.86. The lowest BCUT2D eigenvalue weighted by molar-refractivity contribution is -0.118. The third-order valence-corrected chi connectivity index (χ3v) is 4.84. The molecule has 1 aliphatic heterocycles. The summed E-state index contributed by atoms with van der Waals surface area (Å²) in [6.45, 7) is 3.21. The number of para-hydroxylation sites is 2. The number of ether oxygens (including phenoxy) is 2. The average Bonchev–Trinajstić information content (AvgIpc) is 3.36. The molecule has 0 spiro atoms. The molecule has 0 bridgehead atoms. The Labute approximate surface area is 158 Å². The number of carbonyl (C=O) groups excluding carboxylic acids is 1. The van der Waals surface area contributed by atoms with E-state index in [0.29, 0.717) is 12.3 Å². The third-order valence-electron chi connectivity index (χ3n) is 4.84. The van der Waals surface area contributed by atoms with Gasteiger partial charge in [-0.2, -0.15) is 0 Å². The Bertz CT molecular complexity index is 931. The SMILES string of the molecule is CC(C(=O)Nc1cccc(OCC2CCCO2)c1)n1cnc2ccccc21. The quantitative estimate of drug-likeness (QED) is 0.722. The van der Waals surface area contributed by atoms with Crippen LogP contribution in [-0.2, 0) is 9.53 Å². The lowest BCUT2D eigenvalue weighted by atomic mass is 10.2. The highest BCUT2D eigenvalue weighted by Gasteiger charge is 2.18. The van der Waals surface area contributed by atoms with Crippen molar-refractivity contribution in [2.24, 2.45) is 0 Å². The van der Waals surface area contributed by atoms with Gasteiger partial charge < -0.3 is 19.4 Å². The van der Waals surface area contributed by atoms with Gasteiger partial charge in [-0.15, -0.1) is 0 Å². The Morgan fingerprint density at radius 2 is 2.22 bits per heavy atom. The number of fused-ring (bicyclic) bond motifs is 1. The second-order valence-electron chi connectivity index (χ2n) is 6.78. The van der Waals surface area contributed by atoms with Crippen LogP contribution in [0.1, 0.15) is 25.8 Å². The Morgan fingerprint density at radius 1 is 1.33 bits per heavy atom. The maximum Gasteiger partial charge on any atom is 0.247 e. The first kappa shape index (κ1) is 17.5. The van der Waals surface area contributed by atoms with E-state index in [4.69, 9.17) is 9.47 Å². The number of nitrogens with one attached hydrogen (secondary N) is 1. The molecule has 6 heteroatoms. The summed E-state index contributed by atoms with van der Waals surface area (Å²) in [5.41, 5.74) is 2.52. The van der Waals surface area contributed by atoms with E-state index in [9.17, 15) is 4.79 Å². The van der Waals surface area contributed by atoms with E-state index in [2.05, 4.69) is 10.3 Å². The zero-order valence-corrected chi connectivity index (χ0v) is 15.3. The van der Waals surface area contributed by atoms with Gasteiger partial charge in [0.15, 0.2) is 0 Å². The summed E-state index contributed by atoms with van der Waals surface area (Å²) in [5.74, 6) is 0.624. The minimum absolute atomic E-state index is 0.102. The molecule has 6 nitrogen and oxygen atoms in total. The number of imidazole rings is 1. The average molecular weight is 365 g/mol. The molecule has 1 N–H and O–H groups in total. The number of amides is 1. The predicted octanol–water partition coefficient (Wildman–Crippen LogP) is 3.79. The van der Waals surface area contributed by atoms with Gasteiger partial charge in [0.05, 0.1) is 23.5 Å². The summed E-state index contributed by atoms with van der Waals surface area (Å²) in [7, 11) is 0. The minimum atomic E-state index is -0.381. The number of rotatable bonds is 6. The predicted molar refractivity (Wildman–Crippen MR) is 104 cm³/mol. The summed E-state index contributed by atoms with van der Waals surface area (Å²) < 4.78 is 13.3. The van der Waals surface area contributed by atoms with Crippen LogP contribution in [0, 0.1) is 0 Å². The monoisotopic (exact) mass is 365 g/mol. The van der Waals surface area contributed by atoms with E-state index in [0.717, 1.165) is 36.2 Å². The number of hydrogen-bond acceptors (Lipinski definition) is 4. The van der Waals surface area contributed by atoms with E-state index in [1.54, 1.807) is 6.33 Å². The zero-order valence-electron chi connectivity index (χ0n) is 15.3. The molecule has 2 atom stereocenters. The minimum Gasteiger partial charge on any atom is -0.491 e. The molecule has 140 valence electrons. The van der Waals surface area contributed by atoms with Gasteiger partial charge in [-0.25, -0.2) is 4.98 Å². The van der Waals surface area contributed by atoms with Crippen molar-refractivity contribution in [2.45, 2.75) is 31.9 Å². The van der Waals surface area contributed by atoms with Crippen molar-refractivity contribution in [1.82, 2.24) is 9.55 Å². The molecule has 2 unspecified atom stereocenters. The molecular formula is C21H23N3O3. The van der Waals surface area contributed by atoms with Gasteiger partial charge >= 0.3 is 0 Å². The molecule has 1 aromatic heterocycles. The highest BCUT2D eigenvalue weighted by molar-refractivity contribution is 5.94. The first-order valence-electron chi connectivity index (χ1n) is 9.27. The van der Waals surface area contributed by atoms with Crippen molar-refractivity contribution < 1.29 is 14.3 Å². The van der Waals surface area contributed by atoms with Gasteiger partial charge in [0.2, 0.25) is 5.91 Å². The molecule has 2 aromatic carbocycles. The Balaban J connectivity index is 1.42. The topological polar surface area (TPSA) is 65.4 Å². The smallest absolute Gasteiger partial charge is 0.247 e. The molecule has 3 aromatic rings. The molecule has 0 aliphatic carbocycles. The van der Waals surface area contributed by atoms with Crippen LogP contribution >= 0.6 is 0 Å². The van der Waals surface area contributed by atoms with E-state index < -0.39 is 0 Å². The van der Waals surface area contributed by atoms with Gasteiger partial charge in [-0.3, -0.25) is 4.79 Å². The van der Waals surface area contributed by atoms with Crippen LogP contribution in [0.15, 0.2) is 54.9 Å². The lowest BCUT2D eigenvalue weighted by Gasteiger charge is -2.16. The van der Waals surface area contributed by atoms with E-state index in [1.807, 2.05) is 60.0 Å². The Kier molecular flexibility index (Phi) is 5.07. The fourth-order valence-electron chi connectivity index (χ4n) is 3.29. The third kappa shape index (κ3) is 3.95. The molecule has 1 amide bonds. The number of hydrogen-bond donors (Lipinski definition) is 1. The van der Waals surface area contributed by atoms with Crippen LogP contribution in [-0.4, -0.2) is 34.8 Å². The van der Waals surface area contributed by atoms with Crippen molar-refractivity contribution in [3.05, 3.63) is 54.9 Å². The van der Waals surface area contributed by atoms with Crippen LogP contribution in [0.3, 0.4) is 0 Å². The van der Waals surface area contributed by atoms with Crippen molar-refractivity contribution in [1.29, 1.82) is 0 Å². The molecule has 1 aliphatic rings. The van der Waals surface area contributed by atoms with Crippen LogP contribution < -0.4 is 10.1 Å². The molecule has 1 saturated heterocycles. The molecule has 4 rings (SSSR count). The van der Waals surface area contributed by atoms with E-state index in [1.165, 1.54) is 0 Å². The van der Waals surface area contributed by atoms with Gasteiger partial charge in [-0.1, -0.05) is 18.2 Å². The number of aromatic nitrogens is 2. The highest BCUT2D eigenvalue weighted by Crippen LogP contribution is 2.22. The molecular weight excluding hydrogens is 342 g/mol. The molecule has 2 heterocycles. The standard InChI is InChI=1S/C21H23N3O3/c1-15(24-14-22-19-9-2-3-10-20(19)24)21(25)23-16-6-4-7-17(12-16)27-13-18-8-5-11-26-18/h2-4,6-7,9-10,12,14-15,18H,5,8,11,13H2,1H3,(H,23,25). The van der Waals surface area contributed by atoms with Crippen molar-refractivity contribution >= 4 is 22.6 Å². The van der Waals surface area contributed by atoms with Crippen LogP contribution in [0.4, 0.5) is 5.69 Å². The molecule has 0 radical (unpaired) electrons. The van der Waals surface area contributed by atoms with Crippen LogP contribution in [0.5, 0.6) is 5.75 Å². The van der Waals surface area contributed by atoms with Crippen LogP contribution in [0.25, 0.3) is 11.0 Å². The number of nitrogens with zero attached hydrogens (tertiary/aromatic N) is 2. The molecule has 0 saturated carbocycles. The molecule has 27 heavy (non-hydrogen) atoms. The summed E-state index contributed by atoms with van der Waals surface area (Å²) in [4.78, 5) is 17.1. The largest absolute Gasteiger partial charge is 0.491 e. The lowest BCUT2D eigenvalue weighted by Crippen LogP contribution is -2.23. The van der Waals surface area contributed by atoms with Gasteiger partial charge in [0.1, 0.15) is 18.4 Å². The van der Waals surface area contributed by atoms with Crippen LogP contribution in [0.2, 0.25) is 0 Å². The highest BCUT2D eigenvalue weighted by atomic mass is 16.5. The van der Waals surface area contributed by atoms with E-state index >= 15 is 0 Å². The summed E-state index contributed by atoms with van der Waals surface area (Å²) >= 11 is 0. The number of carbonyl (C=O) groups is 1. The maximum absolute atomic E-state index is 12.7. The van der Waals surface area contributed by atoms with Gasteiger partial charge in [-0.05, 0) is 44.0 Å². The first-order chi connectivity index (χ1) is 13.2. The van der Waals surface area contributed by atoms with Crippen molar-refractivity contribution in [2.75, 3.05) is 18.5 Å². The van der Waals surface area contributed by atoms with Crippen molar-refractivity contribution in [3.8, 4) is 5.75 Å². The van der Waals surface area contributed by atoms with Crippen molar-refractivity contribution in [3.63, 3.8) is 0 Å². The maximum atomic E-state index is 12.7. The Morgan fingerprint density at radius 3 is 3.07 bits per heavy atom. The fourth-order valence-corrected chi connectivity index (χ4v) is 3.29. The molecule has 1 fully saturated rings. The normalized spacial score (nSPS) is 17.7. The summed E-state index contributed by atoms with van der Waals surface area (Å²) in [5, 5.41) is 2.96. The van der Waals surface area contributed by atoms with Gasteiger partial charge in [0.25, 0.3) is 0 Å². The van der Waals surface area contributed by atoms with Gasteiger partial charge in [0, 0.05) is 18.4 Å². The van der Waals surface area contributed by atoms with E-state index in [-0.39, 0.29) is 18.1 Å². The first-order valence-corrected chi connectivity index (χ1v) is 9.27. The second kappa shape index (κ2) is 7.80. The number of benzene rings is 2. The number of anilines is 1.